The Hall–Kier alpha value is -3.84. The SMILES string of the molecule is O=C(NCc1ccc(NC(=O)c2ccco2)cc1)c1cnn(-c2cccc(Cl)c2)c1. The maximum Gasteiger partial charge on any atom is 0.291 e. The van der Waals surface area contributed by atoms with E-state index in [2.05, 4.69) is 15.7 Å². The van der Waals surface area contributed by atoms with Gasteiger partial charge in [0, 0.05) is 23.5 Å². The molecule has 0 spiro atoms. The van der Waals surface area contributed by atoms with Gasteiger partial charge in [0.2, 0.25) is 0 Å². The molecular weight excluding hydrogens is 404 g/mol. The van der Waals surface area contributed by atoms with E-state index < -0.39 is 0 Å². The number of hydrogen-bond donors (Lipinski definition) is 2. The van der Waals surface area contributed by atoms with Crippen molar-refractivity contribution < 1.29 is 14.0 Å². The first-order chi connectivity index (χ1) is 14.6. The van der Waals surface area contributed by atoms with Crippen LogP contribution in [0, 0.1) is 0 Å². The maximum absolute atomic E-state index is 12.4. The van der Waals surface area contributed by atoms with Crippen LogP contribution in [-0.2, 0) is 6.54 Å². The number of nitrogens with one attached hydrogen (secondary N) is 2. The quantitative estimate of drug-likeness (QED) is 0.486. The van der Waals surface area contributed by atoms with Crippen molar-refractivity contribution in [2.75, 3.05) is 5.32 Å². The van der Waals surface area contributed by atoms with Crippen LogP contribution < -0.4 is 10.6 Å². The van der Waals surface area contributed by atoms with Crippen molar-refractivity contribution in [3.8, 4) is 5.69 Å². The number of aromatic nitrogens is 2. The molecule has 0 saturated carbocycles. The molecule has 8 heteroatoms. The number of benzene rings is 2. The number of rotatable bonds is 6. The molecular formula is C22H17ClN4O3. The molecule has 0 aliphatic rings. The predicted molar refractivity (Wildman–Crippen MR) is 113 cm³/mol. The average molecular weight is 421 g/mol. The first-order valence-corrected chi connectivity index (χ1v) is 9.49. The van der Waals surface area contributed by atoms with Crippen molar-refractivity contribution >= 4 is 29.1 Å². The van der Waals surface area contributed by atoms with E-state index >= 15 is 0 Å². The van der Waals surface area contributed by atoms with Gasteiger partial charge in [0.05, 0.1) is 23.7 Å². The van der Waals surface area contributed by atoms with Crippen LogP contribution in [0.5, 0.6) is 0 Å². The van der Waals surface area contributed by atoms with Gasteiger partial charge in [0.25, 0.3) is 11.8 Å². The molecule has 0 aliphatic heterocycles. The molecule has 2 aromatic carbocycles. The van der Waals surface area contributed by atoms with Gasteiger partial charge in [0.15, 0.2) is 5.76 Å². The fourth-order valence-electron chi connectivity index (χ4n) is 2.79. The lowest BCUT2D eigenvalue weighted by molar-refractivity contribution is 0.0949. The average Bonchev–Trinajstić information content (AvgIpc) is 3.45. The van der Waals surface area contributed by atoms with Crippen LogP contribution in [0.15, 0.2) is 83.7 Å². The lowest BCUT2D eigenvalue weighted by Gasteiger charge is -2.06. The Morgan fingerprint density at radius 2 is 1.87 bits per heavy atom. The van der Waals surface area contributed by atoms with E-state index in [9.17, 15) is 9.59 Å². The van der Waals surface area contributed by atoms with Crippen molar-refractivity contribution in [3.05, 3.63) is 101 Å². The summed E-state index contributed by atoms with van der Waals surface area (Å²) in [5.41, 5.74) is 2.74. The van der Waals surface area contributed by atoms with Gasteiger partial charge in [-0.2, -0.15) is 5.10 Å². The Morgan fingerprint density at radius 3 is 2.60 bits per heavy atom. The molecule has 0 bridgehead atoms. The van der Waals surface area contributed by atoms with Crippen molar-refractivity contribution in [3.63, 3.8) is 0 Å². The second-order valence-electron chi connectivity index (χ2n) is 6.46. The summed E-state index contributed by atoms with van der Waals surface area (Å²) in [6, 6.07) is 17.6. The van der Waals surface area contributed by atoms with Gasteiger partial charge < -0.3 is 15.1 Å². The molecule has 0 atom stereocenters. The summed E-state index contributed by atoms with van der Waals surface area (Å²) in [4.78, 5) is 24.4. The van der Waals surface area contributed by atoms with E-state index in [1.807, 2.05) is 24.3 Å². The van der Waals surface area contributed by atoms with Gasteiger partial charge in [-0.15, -0.1) is 0 Å². The Kier molecular flexibility index (Phi) is 5.63. The smallest absolute Gasteiger partial charge is 0.291 e. The van der Waals surface area contributed by atoms with Gasteiger partial charge in [-0.25, -0.2) is 4.68 Å². The molecule has 2 N–H and O–H groups in total. The zero-order valence-electron chi connectivity index (χ0n) is 15.7. The van der Waals surface area contributed by atoms with E-state index in [-0.39, 0.29) is 17.6 Å². The normalized spacial score (nSPS) is 10.6. The molecule has 150 valence electrons. The van der Waals surface area contributed by atoms with E-state index in [4.69, 9.17) is 16.0 Å². The number of carbonyl (C=O) groups is 2. The number of nitrogens with zero attached hydrogens (tertiary/aromatic N) is 2. The van der Waals surface area contributed by atoms with Gasteiger partial charge in [-0.05, 0) is 48.0 Å². The third-order valence-electron chi connectivity index (χ3n) is 4.33. The topological polar surface area (TPSA) is 89.2 Å². The lowest BCUT2D eigenvalue weighted by Crippen LogP contribution is -2.22. The molecule has 4 rings (SSSR count). The number of halogens is 1. The zero-order valence-corrected chi connectivity index (χ0v) is 16.5. The highest BCUT2D eigenvalue weighted by Crippen LogP contribution is 2.15. The Balaban J connectivity index is 1.33. The summed E-state index contributed by atoms with van der Waals surface area (Å²) in [5, 5.41) is 10.4. The summed E-state index contributed by atoms with van der Waals surface area (Å²) < 4.78 is 6.66. The van der Waals surface area contributed by atoms with Crippen LogP contribution in [0.1, 0.15) is 26.5 Å². The van der Waals surface area contributed by atoms with Gasteiger partial charge in [-0.1, -0.05) is 29.8 Å². The number of furan rings is 1. The molecule has 7 nitrogen and oxygen atoms in total. The van der Waals surface area contributed by atoms with Crippen LogP contribution in [-0.4, -0.2) is 21.6 Å². The number of hydrogen-bond acceptors (Lipinski definition) is 4. The molecule has 2 aromatic heterocycles. The number of anilines is 1. The standard InChI is InChI=1S/C22H17ClN4O3/c23-17-3-1-4-19(11-17)27-14-16(13-25-27)21(28)24-12-15-6-8-18(9-7-15)26-22(29)20-5-2-10-30-20/h1-11,13-14H,12H2,(H,24,28)(H,26,29). The molecule has 4 aromatic rings. The summed E-state index contributed by atoms with van der Waals surface area (Å²) in [6.07, 6.45) is 4.59. The van der Waals surface area contributed by atoms with Crippen molar-refractivity contribution in [2.45, 2.75) is 6.54 Å². The Bertz CT molecular complexity index is 1170. The minimum atomic E-state index is -0.322. The number of amides is 2. The highest BCUT2D eigenvalue weighted by molar-refractivity contribution is 6.30. The van der Waals surface area contributed by atoms with E-state index in [0.717, 1.165) is 11.3 Å². The lowest BCUT2D eigenvalue weighted by atomic mass is 10.2. The van der Waals surface area contributed by atoms with Crippen LogP contribution in [0.4, 0.5) is 5.69 Å². The Morgan fingerprint density at radius 1 is 1.03 bits per heavy atom. The second-order valence-corrected chi connectivity index (χ2v) is 6.90. The monoisotopic (exact) mass is 420 g/mol. The molecule has 0 aliphatic carbocycles. The van der Waals surface area contributed by atoms with Crippen molar-refractivity contribution in [1.82, 2.24) is 15.1 Å². The van der Waals surface area contributed by atoms with Crippen molar-refractivity contribution in [2.24, 2.45) is 0 Å². The third kappa shape index (κ3) is 4.59. The fourth-order valence-corrected chi connectivity index (χ4v) is 2.98. The molecule has 2 heterocycles. The van der Waals surface area contributed by atoms with Crippen LogP contribution in [0.25, 0.3) is 5.69 Å². The molecule has 2 amide bonds. The summed E-state index contributed by atoms with van der Waals surface area (Å²) in [7, 11) is 0. The molecule has 0 saturated heterocycles. The van der Waals surface area contributed by atoms with Gasteiger partial charge in [0.1, 0.15) is 0 Å². The first kappa shape index (κ1) is 19.5. The predicted octanol–water partition coefficient (Wildman–Crippen LogP) is 4.30. The number of carbonyl (C=O) groups excluding carboxylic acids is 2. The highest BCUT2D eigenvalue weighted by Gasteiger charge is 2.11. The van der Waals surface area contributed by atoms with Crippen LogP contribution in [0.2, 0.25) is 5.02 Å². The highest BCUT2D eigenvalue weighted by atomic mass is 35.5. The third-order valence-corrected chi connectivity index (χ3v) is 4.56. The van der Waals surface area contributed by atoms with E-state index in [1.165, 1.54) is 12.5 Å². The van der Waals surface area contributed by atoms with Crippen LogP contribution >= 0.6 is 11.6 Å². The largest absolute Gasteiger partial charge is 0.459 e. The van der Waals surface area contributed by atoms with Crippen LogP contribution in [0.3, 0.4) is 0 Å². The first-order valence-electron chi connectivity index (χ1n) is 9.11. The summed E-state index contributed by atoms with van der Waals surface area (Å²) >= 11 is 6.00. The van der Waals surface area contributed by atoms with Gasteiger partial charge in [-0.3, -0.25) is 9.59 Å². The molecule has 0 fully saturated rings. The Labute approximate surface area is 177 Å². The fraction of sp³-hybridized carbons (Fsp3) is 0.0455. The minimum absolute atomic E-state index is 0.238. The van der Waals surface area contributed by atoms with E-state index in [1.54, 1.807) is 47.3 Å². The maximum atomic E-state index is 12.4. The molecule has 0 unspecified atom stereocenters. The van der Waals surface area contributed by atoms with Crippen molar-refractivity contribution in [1.29, 1.82) is 0 Å². The zero-order chi connectivity index (χ0) is 20.9. The summed E-state index contributed by atoms with van der Waals surface area (Å²) in [5.74, 6) is -0.319. The summed E-state index contributed by atoms with van der Waals surface area (Å²) in [6.45, 7) is 0.341. The molecule has 0 radical (unpaired) electrons. The second kappa shape index (κ2) is 8.67. The minimum Gasteiger partial charge on any atom is -0.459 e. The molecule has 30 heavy (non-hydrogen) atoms. The van der Waals surface area contributed by atoms with Gasteiger partial charge >= 0.3 is 0 Å². The van der Waals surface area contributed by atoms with E-state index in [0.29, 0.717) is 22.8 Å².